The van der Waals surface area contributed by atoms with E-state index in [9.17, 15) is 14.9 Å². The topological polar surface area (TPSA) is 107 Å². The number of aliphatic carboxylic acids is 1. The maximum absolute atomic E-state index is 11.1. The molecule has 19 heavy (non-hydrogen) atoms. The molecular formula is C12H13N3O4. The van der Waals surface area contributed by atoms with Gasteiger partial charge in [0.2, 0.25) is 0 Å². The number of nitriles is 1. The van der Waals surface area contributed by atoms with Crippen molar-refractivity contribution in [3.63, 3.8) is 0 Å². The van der Waals surface area contributed by atoms with E-state index in [1.807, 2.05) is 6.07 Å². The molecule has 7 nitrogen and oxygen atoms in total. The van der Waals surface area contributed by atoms with Gasteiger partial charge in [-0.15, -0.1) is 0 Å². The quantitative estimate of drug-likeness (QED) is 0.640. The second-order valence-corrected chi connectivity index (χ2v) is 3.95. The van der Waals surface area contributed by atoms with Crippen LogP contribution in [0.1, 0.15) is 18.9 Å². The first-order valence-electron chi connectivity index (χ1n) is 5.56. The number of carboxylic acids is 1. The lowest BCUT2D eigenvalue weighted by atomic mass is 10.1. The van der Waals surface area contributed by atoms with E-state index in [0.29, 0.717) is 6.42 Å². The van der Waals surface area contributed by atoms with E-state index in [1.54, 1.807) is 6.92 Å². The van der Waals surface area contributed by atoms with E-state index in [2.05, 4.69) is 0 Å². The van der Waals surface area contributed by atoms with Crippen molar-refractivity contribution in [3.05, 3.63) is 33.9 Å². The van der Waals surface area contributed by atoms with Gasteiger partial charge in [0.15, 0.2) is 0 Å². The van der Waals surface area contributed by atoms with Gasteiger partial charge in [-0.3, -0.25) is 10.1 Å². The molecule has 1 rings (SSSR count). The zero-order valence-electron chi connectivity index (χ0n) is 10.5. The Hall–Kier alpha value is -2.62. The number of likely N-dealkylation sites (N-methyl/N-ethyl adjacent to an activating group) is 1. The minimum absolute atomic E-state index is 0.123. The SMILES string of the molecule is CCC(C(=O)O)N(C)c1cc(C#N)ccc1[N+](=O)[O-]. The number of carbonyl (C=O) groups is 1. The molecule has 1 aromatic rings. The highest BCUT2D eigenvalue weighted by atomic mass is 16.6. The molecule has 0 aliphatic rings. The molecular weight excluding hydrogens is 250 g/mol. The Kier molecular flexibility index (Phi) is 4.42. The predicted octanol–water partition coefficient (Wildman–Crippen LogP) is 1.77. The van der Waals surface area contributed by atoms with Crippen LogP contribution in [0.25, 0.3) is 0 Å². The monoisotopic (exact) mass is 263 g/mol. The summed E-state index contributed by atoms with van der Waals surface area (Å²) in [7, 11) is 1.46. The number of hydrogen-bond acceptors (Lipinski definition) is 5. The van der Waals surface area contributed by atoms with Crippen LogP contribution in [-0.4, -0.2) is 29.1 Å². The van der Waals surface area contributed by atoms with E-state index in [1.165, 1.54) is 30.1 Å². The van der Waals surface area contributed by atoms with Crippen LogP contribution in [0.3, 0.4) is 0 Å². The summed E-state index contributed by atoms with van der Waals surface area (Å²) in [5.41, 5.74) is 0.146. The van der Waals surface area contributed by atoms with Gasteiger partial charge in [0.25, 0.3) is 5.69 Å². The summed E-state index contributed by atoms with van der Waals surface area (Å²) in [6, 6.07) is 4.86. The second-order valence-electron chi connectivity index (χ2n) is 3.95. The molecule has 100 valence electrons. The Morgan fingerprint density at radius 2 is 2.26 bits per heavy atom. The molecule has 1 aromatic carbocycles. The first kappa shape index (κ1) is 14.4. The van der Waals surface area contributed by atoms with E-state index < -0.39 is 16.9 Å². The fraction of sp³-hybridized carbons (Fsp3) is 0.333. The highest BCUT2D eigenvalue weighted by Crippen LogP contribution is 2.30. The lowest BCUT2D eigenvalue weighted by Crippen LogP contribution is -2.38. The number of benzene rings is 1. The van der Waals surface area contributed by atoms with Crippen molar-refractivity contribution in [2.45, 2.75) is 19.4 Å². The Morgan fingerprint density at radius 3 is 2.68 bits per heavy atom. The molecule has 0 amide bonds. The lowest BCUT2D eigenvalue weighted by molar-refractivity contribution is -0.384. The van der Waals surface area contributed by atoms with Crippen molar-refractivity contribution in [3.8, 4) is 6.07 Å². The first-order chi connectivity index (χ1) is 8.92. The molecule has 0 heterocycles. The minimum Gasteiger partial charge on any atom is -0.480 e. The Bertz CT molecular complexity index is 550. The molecule has 1 unspecified atom stereocenters. The second kappa shape index (κ2) is 5.82. The summed E-state index contributed by atoms with van der Waals surface area (Å²) < 4.78 is 0. The van der Waals surface area contributed by atoms with Gasteiger partial charge in [0.05, 0.1) is 16.6 Å². The number of anilines is 1. The fourth-order valence-electron chi connectivity index (χ4n) is 1.81. The van der Waals surface area contributed by atoms with Gasteiger partial charge in [-0.05, 0) is 18.6 Å². The van der Waals surface area contributed by atoms with Crippen LogP contribution >= 0.6 is 0 Å². The van der Waals surface area contributed by atoms with Crippen molar-refractivity contribution >= 4 is 17.3 Å². The van der Waals surface area contributed by atoms with Crippen molar-refractivity contribution in [1.29, 1.82) is 5.26 Å². The largest absolute Gasteiger partial charge is 0.480 e. The van der Waals surface area contributed by atoms with Crippen molar-refractivity contribution < 1.29 is 14.8 Å². The average molecular weight is 263 g/mol. The van der Waals surface area contributed by atoms with Crippen LogP contribution in [0.4, 0.5) is 11.4 Å². The first-order valence-corrected chi connectivity index (χ1v) is 5.56. The van der Waals surface area contributed by atoms with Crippen molar-refractivity contribution in [2.75, 3.05) is 11.9 Å². The molecule has 7 heteroatoms. The van der Waals surface area contributed by atoms with Crippen molar-refractivity contribution in [1.82, 2.24) is 0 Å². The fourth-order valence-corrected chi connectivity index (χ4v) is 1.81. The highest BCUT2D eigenvalue weighted by molar-refractivity contribution is 5.80. The van der Waals surface area contributed by atoms with Gasteiger partial charge in [0.1, 0.15) is 11.7 Å². The molecule has 0 saturated carbocycles. The molecule has 0 fully saturated rings. The van der Waals surface area contributed by atoms with E-state index in [0.717, 1.165) is 0 Å². The molecule has 0 bridgehead atoms. The summed E-state index contributed by atoms with van der Waals surface area (Å²) >= 11 is 0. The van der Waals surface area contributed by atoms with Crippen LogP contribution in [0.5, 0.6) is 0 Å². The van der Waals surface area contributed by atoms with E-state index in [-0.39, 0.29) is 16.9 Å². The van der Waals surface area contributed by atoms with Gasteiger partial charge >= 0.3 is 5.97 Å². The molecule has 1 N–H and O–H groups in total. The van der Waals surface area contributed by atoms with E-state index in [4.69, 9.17) is 10.4 Å². The molecule has 0 aromatic heterocycles. The Morgan fingerprint density at radius 1 is 1.63 bits per heavy atom. The van der Waals surface area contributed by atoms with Crippen molar-refractivity contribution in [2.24, 2.45) is 0 Å². The average Bonchev–Trinajstić information content (AvgIpc) is 2.38. The molecule has 0 aliphatic carbocycles. The third-order valence-electron chi connectivity index (χ3n) is 2.82. The van der Waals surface area contributed by atoms with Gasteiger partial charge in [-0.1, -0.05) is 6.92 Å². The lowest BCUT2D eigenvalue weighted by Gasteiger charge is -2.25. The number of hydrogen-bond donors (Lipinski definition) is 1. The maximum Gasteiger partial charge on any atom is 0.326 e. The zero-order valence-corrected chi connectivity index (χ0v) is 10.5. The number of rotatable bonds is 5. The molecule has 0 aliphatic heterocycles. The number of nitro benzene ring substituents is 1. The van der Waals surface area contributed by atoms with Gasteiger partial charge in [0, 0.05) is 13.1 Å². The number of nitro groups is 1. The Balaban J connectivity index is 3.34. The molecule has 0 radical (unpaired) electrons. The van der Waals surface area contributed by atoms with E-state index >= 15 is 0 Å². The minimum atomic E-state index is -1.07. The van der Waals surface area contributed by atoms with Gasteiger partial charge in [-0.25, -0.2) is 4.79 Å². The number of carboxylic acid groups (broad SMARTS) is 1. The standard InChI is InChI=1S/C12H13N3O4/c1-3-9(12(16)17)14(2)11-6-8(7-13)4-5-10(11)15(18)19/h4-6,9H,3H2,1-2H3,(H,16,17). The van der Waals surface area contributed by atoms with Crippen LogP contribution in [0.15, 0.2) is 18.2 Å². The van der Waals surface area contributed by atoms with Crippen LogP contribution in [0, 0.1) is 21.4 Å². The maximum atomic E-state index is 11.1. The smallest absolute Gasteiger partial charge is 0.326 e. The third-order valence-corrected chi connectivity index (χ3v) is 2.82. The van der Waals surface area contributed by atoms with Gasteiger partial charge in [-0.2, -0.15) is 5.26 Å². The van der Waals surface area contributed by atoms with Crippen LogP contribution < -0.4 is 4.90 Å². The Labute approximate surface area is 109 Å². The summed E-state index contributed by atoms with van der Waals surface area (Å²) in [5.74, 6) is -1.07. The molecule has 0 spiro atoms. The number of nitrogens with zero attached hydrogens (tertiary/aromatic N) is 3. The van der Waals surface area contributed by atoms with Gasteiger partial charge < -0.3 is 10.0 Å². The summed E-state index contributed by atoms with van der Waals surface area (Å²) in [6.07, 6.45) is 0.291. The highest BCUT2D eigenvalue weighted by Gasteiger charge is 2.26. The third kappa shape index (κ3) is 2.98. The molecule has 1 atom stereocenters. The molecule has 0 saturated heterocycles. The summed E-state index contributed by atoms with van der Waals surface area (Å²) in [5, 5.41) is 28.9. The predicted molar refractivity (Wildman–Crippen MR) is 67.9 cm³/mol. The zero-order chi connectivity index (χ0) is 14.6. The summed E-state index contributed by atoms with van der Waals surface area (Å²) in [6.45, 7) is 1.68. The van der Waals surface area contributed by atoms with Crippen LogP contribution in [0.2, 0.25) is 0 Å². The normalized spacial score (nSPS) is 11.4. The van der Waals surface area contributed by atoms with Crippen LogP contribution in [-0.2, 0) is 4.79 Å². The summed E-state index contributed by atoms with van der Waals surface area (Å²) in [4.78, 5) is 22.8.